The van der Waals surface area contributed by atoms with Crippen LogP contribution < -0.4 is 10.5 Å². The summed E-state index contributed by atoms with van der Waals surface area (Å²) in [5.74, 6) is -0.443. The predicted octanol–water partition coefficient (Wildman–Crippen LogP) is 2.65. The number of aliphatic hydroxyl groups excluding tert-OH is 1. The molecule has 1 aromatic carbocycles. The second kappa shape index (κ2) is 6.79. The van der Waals surface area contributed by atoms with Gasteiger partial charge in [-0.05, 0) is 37.5 Å². The van der Waals surface area contributed by atoms with E-state index < -0.39 is 5.82 Å². The van der Waals surface area contributed by atoms with Gasteiger partial charge in [-0.2, -0.15) is 0 Å². The van der Waals surface area contributed by atoms with E-state index in [9.17, 15) is 4.39 Å². The average Bonchev–Trinajstić information content (AvgIpc) is 2.30. The fourth-order valence-corrected chi connectivity index (χ4v) is 1.82. The highest BCUT2D eigenvalue weighted by molar-refractivity contribution is 6.32. The zero-order valence-corrected chi connectivity index (χ0v) is 10.5. The van der Waals surface area contributed by atoms with Crippen LogP contribution in [-0.4, -0.2) is 18.3 Å². The fourth-order valence-electron chi connectivity index (χ4n) is 1.55. The number of hydrogen-bond acceptors (Lipinski definition) is 3. The molecule has 0 aliphatic heterocycles. The van der Waals surface area contributed by atoms with Crippen LogP contribution in [0.3, 0.4) is 0 Å². The normalized spacial score (nSPS) is 12.5. The maximum absolute atomic E-state index is 13.7. The topological polar surface area (TPSA) is 55.5 Å². The molecule has 5 heteroatoms. The summed E-state index contributed by atoms with van der Waals surface area (Å²) in [7, 11) is 0. The van der Waals surface area contributed by atoms with E-state index in [0.29, 0.717) is 25.0 Å². The van der Waals surface area contributed by atoms with Crippen molar-refractivity contribution in [2.75, 3.05) is 13.2 Å². The second-order valence-electron chi connectivity index (χ2n) is 3.72. The SMILES string of the molecule is CCOc1c(F)cc([C@H](N)CCCO)cc1Cl. The van der Waals surface area contributed by atoms with E-state index >= 15 is 0 Å². The van der Waals surface area contributed by atoms with Gasteiger partial charge in [0.1, 0.15) is 0 Å². The summed E-state index contributed by atoms with van der Waals surface area (Å²) < 4.78 is 18.8. The van der Waals surface area contributed by atoms with E-state index in [1.807, 2.05) is 0 Å². The van der Waals surface area contributed by atoms with Crippen LogP contribution in [0.15, 0.2) is 12.1 Å². The van der Waals surface area contributed by atoms with Crippen molar-refractivity contribution < 1.29 is 14.2 Å². The highest BCUT2D eigenvalue weighted by Crippen LogP contribution is 2.31. The molecule has 0 spiro atoms. The van der Waals surface area contributed by atoms with E-state index in [-0.39, 0.29) is 23.4 Å². The molecule has 0 saturated carbocycles. The van der Waals surface area contributed by atoms with Gasteiger partial charge in [-0.15, -0.1) is 0 Å². The summed E-state index contributed by atoms with van der Waals surface area (Å²) in [6, 6.07) is 2.61. The highest BCUT2D eigenvalue weighted by atomic mass is 35.5. The lowest BCUT2D eigenvalue weighted by Crippen LogP contribution is -2.11. The Morgan fingerprint density at radius 2 is 2.24 bits per heavy atom. The van der Waals surface area contributed by atoms with Crippen LogP contribution >= 0.6 is 11.6 Å². The quantitative estimate of drug-likeness (QED) is 0.828. The van der Waals surface area contributed by atoms with Gasteiger partial charge >= 0.3 is 0 Å². The van der Waals surface area contributed by atoms with Crippen LogP contribution in [0.2, 0.25) is 5.02 Å². The van der Waals surface area contributed by atoms with Crippen LogP contribution in [0.25, 0.3) is 0 Å². The van der Waals surface area contributed by atoms with Crippen LogP contribution in [0, 0.1) is 5.82 Å². The van der Waals surface area contributed by atoms with Crippen molar-refractivity contribution in [2.45, 2.75) is 25.8 Å². The van der Waals surface area contributed by atoms with Gasteiger partial charge in [-0.1, -0.05) is 11.6 Å². The van der Waals surface area contributed by atoms with Crippen LogP contribution in [0.1, 0.15) is 31.4 Å². The van der Waals surface area contributed by atoms with E-state index in [1.54, 1.807) is 13.0 Å². The smallest absolute Gasteiger partial charge is 0.173 e. The van der Waals surface area contributed by atoms with Crippen molar-refractivity contribution >= 4 is 11.6 Å². The number of nitrogens with two attached hydrogens (primary N) is 1. The van der Waals surface area contributed by atoms with Gasteiger partial charge in [0.15, 0.2) is 11.6 Å². The Bertz CT molecular complexity index is 351. The maximum Gasteiger partial charge on any atom is 0.173 e. The molecule has 3 nitrogen and oxygen atoms in total. The van der Waals surface area contributed by atoms with E-state index in [2.05, 4.69) is 0 Å². The molecule has 0 radical (unpaired) electrons. The van der Waals surface area contributed by atoms with Crippen molar-refractivity contribution in [3.63, 3.8) is 0 Å². The molecule has 0 unspecified atom stereocenters. The van der Waals surface area contributed by atoms with Crippen molar-refractivity contribution in [1.29, 1.82) is 0 Å². The van der Waals surface area contributed by atoms with Gasteiger partial charge < -0.3 is 15.6 Å². The molecule has 0 aromatic heterocycles. The molecule has 17 heavy (non-hydrogen) atoms. The first kappa shape index (κ1) is 14.2. The molecular formula is C12H17ClFNO2. The number of aliphatic hydroxyl groups is 1. The molecule has 0 fully saturated rings. The summed E-state index contributed by atoms with van der Waals surface area (Å²) >= 11 is 5.92. The number of rotatable bonds is 6. The molecule has 0 saturated heterocycles. The molecule has 96 valence electrons. The fraction of sp³-hybridized carbons (Fsp3) is 0.500. The first-order valence-electron chi connectivity index (χ1n) is 5.58. The Kier molecular flexibility index (Phi) is 5.68. The zero-order chi connectivity index (χ0) is 12.8. The van der Waals surface area contributed by atoms with Crippen LogP contribution in [0.5, 0.6) is 5.75 Å². The Morgan fingerprint density at radius 1 is 1.53 bits per heavy atom. The van der Waals surface area contributed by atoms with Crippen molar-refractivity contribution in [2.24, 2.45) is 5.73 Å². The summed E-state index contributed by atoms with van der Waals surface area (Å²) in [4.78, 5) is 0. The van der Waals surface area contributed by atoms with Gasteiger partial charge in [0.25, 0.3) is 0 Å². The Balaban J connectivity index is 2.89. The molecular weight excluding hydrogens is 245 g/mol. The van der Waals surface area contributed by atoms with Gasteiger partial charge in [0.2, 0.25) is 0 Å². The third-order valence-electron chi connectivity index (χ3n) is 2.41. The monoisotopic (exact) mass is 261 g/mol. The Morgan fingerprint density at radius 3 is 2.76 bits per heavy atom. The van der Waals surface area contributed by atoms with Crippen molar-refractivity contribution in [3.05, 3.63) is 28.5 Å². The Hall–Kier alpha value is -0.840. The first-order valence-corrected chi connectivity index (χ1v) is 5.96. The van der Waals surface area contributed by atoms with Crippen molar-refractivity contribution in [1.82, 2.24) is 0 Å². The zero-order valence-electron chi connectivity index (χ0n) is 9.75. The summed E-state index contributed by atoms with van der Waals surface area (Å²) in [6.07, 6.45) is 1.16. The van der Waals surface area contributed by atoms with E-state index in [0.717, 1.165) is 0 Å². The molecule has 1 aromatic rings. The minimum atomic E-state index is -0.506. The lowest BCUT2D eigenvalue weighted by atomic mass is 10.0. The molecule has 0 amide bonds. The molecule has 1 rings (SSSR count). The summed E-state index contributed by atoms with van der Waals surface area (Å²) in [5, 5.41) is 8.93. The third-order valence-corrected chi connectivity index (χ3v) is 2.69. The number of benzene rings is 1. The lowest BCUT2D eigenvalue weighted by Gasteiger charge is -2.14. The predicted molar refractivity (Wildman–Crippen MR) is 65.8 cm³/mol. The van der Waals surface area contributed by atoms with Gasteiger partial charge in [-0.3, -0.25) is 0 Å². The molecule has 1 atom stereocenters. The van der Waals surface area contributed by atoms with Crippen molar-refractivity contribution in [3.8, 4) is 5.75 Å². The van der Waals surface area contributed by atoms with Crippen LogP contribution in [0.4, 0.5) is 4.39 Å². The third kappa shape index (κ3) is 3.84. The summed E-state index contributed by atoms with van der Waals surface area (Å²) in [6.45, 7) is 2.18. The Labute approximate surface area is 105 Å². The van der Waals surface area contributed by atoms with Crippen LogP contribution in [-0.2, 0) is 0 Å². The highest BCUT2D eigenvalue weighted by Gasteiger charge is 2.14. The molecule has 0 heterocycles. The van der Waals surface area contributed by atoms with E-state index in [4.69, 9.17) is 27.2 Å². The minimum Gasteiger partial charge on any atom is -0.489 e. The molecule has 0 bridgehead atoms. The number of ether oxygens (including phenoxy) is 1. The maximum atomic E-state index is 13.7. The van der Waals surface area contributed by atoms with E-state index in [1.165, 1.54) is 6.07 Å². The van der Waals surface area contributed by atoms with Gasteiger partial charge in [0, 0.05) is 12.6 Å². The number of hydrogen-bond donors (Lipinski definition) is 2. The number of halogens is 2. The lowest BCUT2D eigenvalue weighted by molar-refractivity contribution is 0.279. The second-order valence-corrected chi connectivity index (χ2v) is 4.13. The minimum absolute atomic E-state index is 0.0623. The van der Waals surface area contributed by atoms with Gasteiger partial charge in [0.05, 0.1) is 11.6 Å². The molecule has 3 N–H and O–H groups in total. The molecule has 0 aliphatic carbocycles. The average molecular weight is 262 g/mol. The first-order chi connectivity index (χ1) is 8.10. The molecule has 0 aliphatic rings. The van der Waals surface area contributed by atoms with Gasteiger partial charge in [-0.25, -0.2) is 4.39 Å². The largest absolute Gasteiger partial charge is 0.489 e. The summed E-state index contributed by atoms with van der Waals surface area (Å²) in [5.41, 5.74) is 6.48. The standard InChI is InChI=1S/C12H17ClFNO2/c1-2-17-12-9(13)6-8(7-10(12)14)11(15)4-3-5-16/h6-7,11,16H,2-5,15H2,1H3/t11-/m1/s1.